The smallest absolute Gasteiger partial charge is 0.756 e. The van der Waals surface area contributed by atoms with Gasteiger partial charge in [-0.15, -0.1) is 0 Å². The van der Waals surface area contributed by atoms with Crippen LogP contribution in [0.3, 0.4) is 0 Å². The first-order valence-corrected chi connectivity index (χ1v) is 7.91. The van der Waals surface area contributed by atoms with Gasteiger partial charge in [-0.05, 0) is 0 Å². The Morgan fingerprint density at radius 2 is 2.17 bits per heavy atom. The van der Waals surface area contributed by atoms with E-state index >= 15 is 0 Å². The molecule has 3 rings (SSSR count). The van der Waals surface area contributed by atoms with E-state index in [2.05, 4.69) is 19.5 Å². The zero-order chi connectivity index (χ0) is 16.8. The molecule has 1 fully saturated rings. The second-order valence-corrected chi connectivity index (χ2v) is 6.01. The standard InChI is InChI=1S/C10H14N5O7P.Na/c11-8-5-9(13-2-12-8)15(3-14-5)10-6(17)7(4(1-16)21-10)22-23(18,19)20;/h2-4,6-7,10,16-17H,1H2,(H2,11,12,13)(H2,18,19,20);/q;+1/p-1/t4-,6-,7-,10-;/m1./s1. The molecule has 0 spiro atoms. The molecule has 3 heterocycles. The molecule has 1 aliphatic heterocycles. The number of aliphatic hydroxyl groups is 2. The predicted molar refractivity (Wildman–Crippen MR) is 71.4 cm³/mol. The van der Waals surface area contributed by atoms with Crippen LogP contribution in [0, 0.1) is 0 Å². The maximum atomic E-state index is 10.9. The molecule has 2 aromatic rings. The summed E-state index contributed by atoms with van der Waals surface area (Å²) in [6.07, 6.45) is -2.88. The predicted octanol–water partition coefficient (Wildman–Crippen LogP) is -5.49. The summed E-state index contributed by atoms with van der Waals surface area (Å²) < 4.78 is 22.0. The van der Waals surface area contributed by atoms with Gasteiger partial charge in [0, 0.05) is 0 Å². The zero-order valence-electron chi connectivity index (χ0n) is 12.5. The Morgan fingerprint density at radius 1 is 1.46 bits per heavy atom. The number of phosphoric ester groups is 1. The molecule has 0 amide bonds. The molecule has 0 aliphatic carbocycles. The van der Waals surface area contributed by atoms with Crippen LogP contribution < -0.4 is 40.2 Å². The summed E-state index contributed by atoms with van der Waals surface area (Å²) in [5, 5.41) is 19.5. The molecule has 2 aromatic heterocycles. The number of aromatic nitrogens is 4. The summed E-state index contributed by atoms with van der Waals surface area (Å²) in [6, 6.07) is 0. The van der Waals surface area contributed by atoms with Gasteiger partial charge in [0.15, 0.2) is 17.7 Å². The van der Waals surface area contributed by atoms with Crippen molar-refractivity contribution in [2.24, 2.45) is 0 Å². The van der Waals surface area contributed by atoms with Crippen molar-refractivity contribution in [1.82, 2.24) is 19.5 Å². The Kier molecular flexibility index (Phi) is 5.98. The van der Waals surface area contributed by atoms with E-state index in [0.29, 0.717) is 0 Å². The first kappa shape index (κ1) is 19.7. The number of ether oxygens (including phenoxy) is 1. The number of nitrogen functional groups attached to an aromatic ring is 1. The van der Waals surface area contributed by atoms with E-state index in [1.54, 1.807) is 0 Å². The molecule has 12 nitrogen and oxygen atoms in total. The fourth-order valence-electron chi connectivity index (χ4n) is 2.44. The minimum atomic E-state index is -5.13. The number of imidazole rings is 1. The first-order chi connectivity index (χ1) is 10.8. The summed E-state index contributed by atoms with van der Waals surface area (Å²) in [6.45, 7) is -0.637. The van der Waals surface area contributed by atoms with Crippen molar-refractivity contribution in [1.29, 1.82) is 0 Å². The number of nitrogens with zero attached hydrogens (tertiary/aromatic N) is 4. The number of hydrogen-bond acceptors (Lipinski definition) is 10. The fourth-order valence-corrected chi connectivity index (χ4v) is 3.00. The number of fused-ring (bicyclic) bond motifs is 1. The third kappa shape index (κ3) is 3.63. The molecule has 24 heavy (non-hydrogen) atoms. The number of nitrogens with two attached hydrogens (primary N) is 1. The molecule has 1 aliphatic rings. The number of anilines is 1. The second-order valence-electron chi connectivity index (χ2n) is 4.86. The van der Waals surface area contributed by atoms with E-state index in [-0.39, 0.29) is 46.5 Å². The van der Waals surface area contributed by atoms with Gasteiger partial charge in [-0.2, -0.15) is 0 Å². The number of rotatable bonds is 4. The molecule has 5 atom stereocenters. The third-order valence-electron chi connectivity index (χ3n) is 3.41. The topological polar surface area (TPSA) is 189 Å². The van der Waals surface area contributed by atoms with Crippen molar-refractivity contribution in [3.63, 3.8) is 0 Å². The van der Waals surface area contributed by atoms with E-state index in [4.69, 9.17) is 15.4 Å². The monoisotopic (exact) mass is 369 g/mol. The van der Waals surface area contributed by atoms with Crippen molar-refractivity contribution in [2.75, 3.05) is 12.3 Å². The van der Waals surface area contributed by atoms with Crippen LogP contribution >= 0.6 is 7.82 Å². The molecular formula is C10H13N5NaO7P. The minimum absolute atomic E-state index is 0. The quantitative estimate of drug-likeness (QED) is 0.297. The molecule has 0 bridgehead atoms. The van der Waals surface area contributed by atoms with Crippen LogP contribution in [0.1, 0.15) is 6.23 Å². The largest absolute Gasteiger partial charge is 1.00 e. The molecule has 1 saturated heterocycles. The summed E-state index contributed by atoms with van der Waals surface area (Å²) in [4.78, 5) is 31.5. The van der Waals surface area contributed by atoms with Crippen LogP contribution in [0.2, 0.25) is 0 Å². The van der Waals surface area contributed by atoms with E-state index in [1.807, 2.05) is 0 Å². The molecule has 126 valence electrons. The van der Waals surface area contributed by atoms with E-state index in [1.165, 1.54) is 17.2 Å². The summed E-state index contributed by atoms with van der Waals surface area (Å²) in [7, 11) is -5.13. The van der Waals surface area contributed by atoms with Crippen LogP contribution in [0.4, 0.5) is 5.82 Å². The van der Waals surface area contributed by atoms with Crippen LogP contribution in [0.15, 0.2) is 12.7 Å². The van der Waals surface area contributed by atoms with Gasteiger partial charge in [-0.1, -0.05) is 0 Å². The Hall–Kier alpha value is -0.660. The van der Waals surface area contributed by atoms with Gasteiger partial charge in [0.1, 0.15) is 30.2 Å². The summed E-state index contributed by atoms with van der Waals surface area (Å²) >= 11 is 0. The van der Waals surface area contributed by atoms with Gasteiger partial charge < -0.3 is 35.0 Å². The summed E-state index contributed by atoms with van der Waals surface area (Å²) in [5.74, 6) is 0.118. The molecule has 14 heteroatoms. The van der Waals surface area contributed by atoms with Crippen LogP contribution in [-0.4, -0.2) is 59.5 Å². The third-order valence-corrected chi connectivity index (χ3v) is 3.92. The number of phosphoric acid groups is 1. The van der Waals surface area contributed by atoms with Gasteiger partial charge >= 0.3 is 29.6 Å². The van der Waals surface area contributed by atoms with Crippen molar-refractivity contribution >= 4 is 24.8 Å². The second kappa shape index (κ2) is 7.30. The molecular weight excluding hydrogens is 356 g/mol. The van der Waals surface area contributed by atoms with Crippen LogP contribution in [0.25, 0.3) is 11.2 Å². The van der Waals surface area contributed by atoms with Crippen molar-refractivity contribution in [3.05, 3.63) is 12.7 Å². The Bertz CT molecular complexity index is 769. The van der Waals surface area contributed by atoms with Crippen molar-refractivity contribution < 1.29 is 63.4 Å². The molecule has 0 radical (unpaired) electrons. The Morgan fingerprint density at radius 3 is 2.79 bits per heavy atom. The maximum Gasteiger partial charge on any atom is 1.00 e. The molecule has 5 N–H and O–H groups in total. The van der Waals surface area contributed by atoms with Gasteiger partial charge in [-0.3, -0.25) is 9.13 Å². The van der Waals surface area contributed by atoms with E-state index < -0.39 is 39.0 Å². The number of aliphatic hydroxyl groups excluding tert-OH is 2. The minimum Gasteiger partial charge on any atom is -0.756 e. The molecule has 1 unspecified atom stereocenters. The van der Waals surface area contributed by atoms with Gasteiger partial charge in [0.25, 0.3) is 7.82 Å². The summed E-state index contributed by atoms with van der Waals surface area (Å²) in [5.41, 5.74) is 6.17. The van der Waals surface area contributed by atoms with Crippen LogP contribution in [-0.2, 0) is 13.8 Å². The Balaban J connectivity index is 0.00000208. The Labute approximate surface area is 157 Å². The van der Waals surface area contributed by atoms with E-state index in [9.17, 15) is 19.7 Å². The van der Waals surface area contributed by atoms with Gasteiger partial charge in [0.05, 0.1) is 12.9 Å². The zero-order valence-corrected chi connectivity index (χ0v) is 15.4. The molecule has 0 saturated carbocycles. The van der Waals surface area contributed by atoms with Crippen molar-refractivity contribution in [3.8, 4) is 0 Å². The molecule has 0 aromatic carbocycles. The SMILES string of the molecule is Nc1ncnc2c1ncn2[C@@H]1O[C@H](CO)[C@@H](OP(=O)([O-])O)[C@H]1O.[Na+]. The maximum absolute atomic E-state index is 10.9. The fraction of sp³-hybridized carbons (Fsp3) is 0.500. The van der Waals surface area contributed by atoms with Gasteiger partial charge in [0.2, 0.25) is 0 Å². The first-order valence-electron chi connectivity index (χ1n) is 6.41. The average molecular weight is 369 g/mol. The van der Waals surface area contributed by atoms with Crippen molar-refractivity contribution in [2.45, 2.75) is 24.5 Å². The van der Waals surface area contributed by atoms with Crippen LogP contribution in [0.5, 0.6) is 0 Å². The average Bonchev–Trinajstić information content (AvgIpc) is 3.01. The van der Waals surface area contributed by atoms with Gasteiger partial charge in [-0.25, -0.2) is 15.0 Å². The normalized spacial score (nSPS) is 29.3. The van der Waals surface area contributed by atoms with E-state index in [0.717, 1.165) is 0 Å². The number of hydrogen-bond donors (Lipinski definition) is 4.